The summed E-state index contributed by atoms with van der Waals surface area (Å²) in [5.41, 5.74) is 0.767. The van der Waals surface area contributed by atoms with E-state index in [0.29, 0.717) is 16.4 Å². The standard InChI is InChI=1S/C13H9NO4S/c15-13(12-2-1-5-19-12)18-14-7-9-3-4-10-11(6-9)17-8-16-10/h1-7H,8H2/b14-7-. The van der Waals surface area contributed by atoms with E-state index < -0.39 is 5.97 Å². The van der Waals surface area contributed by atoms with E-state index in [-0.39, 0.29) is 6.79 Å². The van der Waals surface area contributed by atoms with E-state index in [4.69, 9.17) is 14.3 Å². The van der Waals surface area contributed by atoms with Crippen LogP contribution in [-0.4, -0.2) is 19.0 Å². The fourth-order valence-electron chi connectivity index (χ4n) is 1.57. The Bertz CT molecular complexity index is 622. The maximum atomic E-state index is 11.5. The molecule has 2 heterocycles. The molecule has 19 heavy (non-hydrogen) atoms. The number of hydrogen-bond donors (Lipinski definition) is 0. The average Bonchev–Trinajstić information content (AvgIpc) is 3.09. The molecule has 1 aromatic heterocycles. The predicted octanol–water partition coefficient (Wildman–Crippen LogP) is 2.67. The van der Waals surface area contributed by atoms with E-state index in [1.807, 2.05) is 0 Å². The zero-order valence-electron chi connectivity index (χ0n) is 9.74. The van der Waals surface area contributed by atoms with Crippen molar-refractivity contribution in [2.75, 3.05) is 6.79 Å². The Morgan fingerprint density at radius 2 is 2.21 bits per heavy atom. The number of rotatable bonds is 3. The summed E-state index contributed by atoms with van der Waals surface area (Å²) in [5, 5.41) is 5.46. The first kappa shape index (κ1) is 11.7. The molecule has 0 atom stereocenters. The minimum absolute atomic E-state index is 0.225. The summed E-state index contributed by atoms with van der Waals surface area (Å²) in [6.45, 7) is 0.225. The van der Waals surface area contributed by atoms with Crippen LogP contribution in [-0.2, 0) is 4.84 Å². The van der Waals surface area contributed by atoms with Gasteiger partial charge in [-0.1, -0.05) is 11.2 Å². The lowest BCUT2D eigenvalue weighted by Crippen LogP contribution is -1.97. The summed E-state index contributed by atoms with van der Waals surface area (Å²) >= 11 is 1.31. The topological polar surface area (TPSA) is 57.1 Å². The maximum absolute atomic E-state index is 11.5. The fraction of sp³-hybridized carbons (Fsp3) is 0.0769. The minimum Gasteiger partial charge on any atom is -0.454 e. The number of nitrogens with zero attached hydrogens (tertiary/aromatic N) is 1. The van der Waals surface area contributed by atoms with E-state index in [0.717, 1.165) is 5.56 Å². The van der Waals surface area contributed by atoms with Gasteiger partial charge in [0.05, 0.1) is 6.21 Å². The van der Waals surface area contributed by atoms with Gasteiger partial charge in [-0.05, 0) is 29.6 Å². The van der Waals surface area contributed by atoms with Gasteiger partial charge in [0, 0.05) is 5.56 Å². The Hall–Kier alpha value is -2.34. The number of thiophene rings is 1. The van der Waals surface area contributed by atoms with Crippen LogP contribution in [0.25, 0.3) is 0 Å². The highest BCUT2D eigenvalue weighted by Gasteiger charge is 2.12. The Kier molecular flexibility index (Phi) is 3.16. The Labute approximate surface area is 113 Å². The maximum Gasteiger partial charge on any atom is 0.375 e. The second kappa shape index (κ2) is 5.11. The van der Waals surface area contributed by atoms with E-state index in [2.05, 4.69) is 5.16 Å². The van der Waals surface area contributed by atoms with E-state index in [9.17, 15) is 4.79 Å². The van der Waals surface area contributed by atoms with E-state index in [1.165, 1.54) is 17.6 Å². The van der Waals surface area contributed by atoms with Crippen LogP contribution in [0.2, 0.25) is 0 Å². The van der Waals surface area contributed by atoms with E-state index >= 15 is 0 Å². The Balaban J connectivity index is 1.65. The van der Waals surface area contributed by atoms with Crippen molar-refractivity contribution in [2.24, 2.45) is 5.16 Å². The molecule has 0 radical (unpaired) electrons. The third kappa shape index (κ3) is 2.58. The quantitative estimate of drug-likeness (QED) is 0.491. The Morgan fingerprint density at radius 3 is 3.05 bits per heavy atom. The first-order chi connectivity index (χ1) is 9.33. The van der Waals surface area contributed by atoms with Gasteiger partial charge in [0.2, 0.25) is 6.79 Å². The van der Waals surface area contributed by atoms with Crippen molar-refractivity contribution < 1.29 is 19.1 Å². The van der Waals surface area contributed by atoms with Gasteiger partial charge in [0.15, 0.2) is 11.5 Å². The molecule has 0 aliphatic carbocycles. The molecule has 5 nitrogen and oxygen atoms in total. The van der Waals surface area contributed by atoms with Gasteiger partial charge < -0.3 is 14.3 Å². The molecule has 0 N–H and O–H groups in total. The summed E-state index contributed by atoms with van der Waals surface area (Å²) in [6.07, 6.45) is 1.45. The number of carbonyl (C=O) groups is 1. The smallest absolute Gasteiger partial charge is 0.375 e. The van der Waals surface area contributed by atoms with Crippen LogP contribution in [0.4, 0.5) is 0 Å². The largest absolute Gasteiger partial charge is 0.454 e. The van der Waals surface area contributed by atoms with Gasteiger partial charge in [-0.25, -0.2) is 4.79 Å². The molecule has 0 saturated heterocycles. The van der Waals surface area contributed by atoms with Gasteiger partial charge >= 0.3 is 5.97 Å². The zero-order chi connectivity index (χ0) is 13.1. The van der Waals surface area contributed by atoms with E-state index in [1.54, 1.807) is 35.7 Å². The molecule has 1 aromatic carbocycles. The fourth-order valence-corrected chi connectivity index (χ4v) is 2.16. The van der Waals surface area contributed by atoms with Crippen molar-refractivity contribution in [3.63, 3.8) is 0 Å². The molecule has 2 aromatic rings. The highest BCUT2D eigenvalue weighted by molar-refractivity contribution is 7.11. The first-order valence-corrected chi connectivity index (χ1v) is 6.39. The second-order valence-electron chi connectivity index (χ2n) is 3.70. The number of carbonyl (C=O) groups excluding carboxylic acids is 1. The molecule has 0 fully saturated rings. The first-order valence-electron chi connectivity index (χ1n) is 5.51. The molecule has 0 spiro atoms. The monoisotopic (exact) mass is 275 g/mol. The SMILES string of the molecule is O=C(O/N=C\c1ccc2c(c1)OCO2)c1cccs1. The van der Waals surface area contributed by atoms with Crippen molar-refractivity contribution in [3.8, 4) is 11.5 Å². The van der Waals surface area contributed by atoms with Gasteiger partial charge in [0.25, 0.3) is 0 Å². The summed E-state index contributed by atoms with van der Waals surface area (Å²) < 4.78 is 10.4. The van der Waals surface area contributed by atoms with Crippen LogP contribution in [0.1, 0.15) is 15.2 Å². The summed E-state index contributed by atoms with van der Waals surface area (Å²) in [5.74, 6) is 0.897. The molecular weight excluding hydrogens is 266 g/mol. The molecule has 96 valence electrons. The van der Waals surface area contributed by atoms with Crippen molar-refractivity contribution in [1.82, 2.24) is 0 Å². The van der Waals surface area contributed by atoms with Crippen LogP contribution in [0, 0.1) is 0 Å². The summed E-state index contributed by atoms with van der Waals surface area (Å²) in [7, 11) is 0. The van der Waals surface area contributed by atoms with Crippen LogP contribution in [0.3, 0.4) is 0 Å². The van der Waals surface area contributed by atoms with Gasteiger partial charge in [0.1, 0.15) is 4.88 Å². The summed E-state index contributed by atoms with van der Waals surface area (Å²) in [4.78, 5) is 16.8. The molecular formula is C13H9NO4S. The van der Waals surface area contributed by atoms with Gasteiger partial charge in [-0.2, -0.15) is 0 Å². The second-order valence-corrected chi connectivity index (χ2v) is 4.65. The Morgan fingerprint density at radius 1 is 1.32 bits per heavy atom. The van der Waals surface area contributed by atoms with Crippen LogP contribution < -0.4 is 9.47 Å². The number of oxime groups is 1. The predicted molar refractivity (Wildman–Crippen MR) is 69.9 cm³/mol. The number of ether oxygens (including phenoxy) is 2. The van der Waals surface area contributed by atoms with Crippen molar-refractivity contribution >= 4 is 23.5 Å². The molecule has 0 bridgehead atoms. The highest BCUT2D eigenvalue weighted by atomic mass is 32.1. The van der Waals surface area contributed by atoms with Crippen molar-refractivity contribution in [3.05, 3.63) is 46.2 Å². The lowest BCUT2D eigenvalue weighted by atomic mass is 10.2. The summed E-state index contributed by atoms with van der Waals surface area (Å²) in [6, 6.07) is 8.82. The minimum atomic E-state index is -0.466. The normalized spacial score (nSPS) is 12.8. The molecule has 1 aliphatic rings. The van der Waals surface area contributed by atoms with Gasteiger partial charge in [-0.15, -0.1) is 11.3 Å². The molecule has 0 unspecified atom stereocenters. The average molecular weight is 275 g/mol. The number of hydrogen-bond acceptors (Lipinski definition) is 6. The van der Waals surface area contributed by atoms with Crippen LogP contribution in [0.15, 0.2) is 40.9 Å². The molecule has 6 heteroatoms. The van der Waals surface area contributed by atoms with Crippen molar-refractivity contribution in [1.29, 1.82) is 0 Å². The molecule has 3 rings (SSSR count). The highest BCUT2D eigenvalue weighted by Crippen LogP contribution is 2.31. The van der Waals surface area contributed by atoms with Gasteiger partial charge in [-0.3, -0.25) is 0 Å². The zero-order valence-corrected chi connectivity index (χ0v) is 10.6. The molecule has 0 amide bonds. The van der Waals surface area contributed by atoms with Crippen molar-refractivity contribution in [2.45, 2.75) is 0 Å². The lowest BCUT2D eigenvalue weighted by Gasteiger charge is -1.97. The van der Waals surface area contributed by atoms with Crippen LogP contribution in [0.5, 0.6) is 11.5 Å². The van der Waals surface area contributed by atoms with Crippen LogP contribution >= 0.6 is 11.3 Å². The number of benzene rings is 1. The third-order valence-electron chi connectivity index (χ3n) is 2.46. The third-order valence-corrected chi connectivity index (χ3v) is 3.31. The lowest BCUT2D eigenvalue weighted by molar-refractivity contribution is 0.0525. The molecule has 1 aliphatic heterocycles. The number of fused-ring (bicyclic) bond motifs is 1. The molecule has 0 saturated carbocycles.